The summed E-state index contributed by atoms with van der Waals surface area (Å²) in [5.41, 5.74) is 3.67. The zero-order valence-electron chi connectivity index (χ0n) is 10.5. The lowest BCUT2D eigenvalue weighted by Gasteiger charge is -2.13. The highest BCUT2D eigenvalue weighted by Crippen LogP contribution is 2.41. The lowest BCUT2D eigenvalue weighted by Crippen LogP contribution is -2.20. The number of rotatable bonds is 2. The molecule has 0 saturated heterocycles. The van der Waals surface area contributed by atoms with Gasteiger partial charge in [0, 0.05) is 18.3 Å². The van der Waals surface area contributed by atoms with Crippen molar-refractivity contribution in [1.82, 2.24) is 0 Å². The number of halogens is 3. The molecule has 0 saturated carbocycles. The molecule has 0 spiro atoms. The third-order valence-corrected chi connectivity index (χ3v) is 5.43. The van der Waals surface area contributed by atoms with Crippen LogP contribution in [0, 0.1) is 0 Å². The topological polar surface area (TPSA) is 20.3 Å². The van der Waals surface area contributed by atoms with Crippen LogP contribution in [0.1, 0.15) is 22.1 Å². The van der Waals surface area contributed by atoms with Crippen LogP contribution in [-0.4, -0.2) is 13.0 Å². The maximum Gasteiger partial charge on any atom is 0.231 e. The van der Waals surface area contributed by atoms with Gasteiger partial charge in [-0.1, -0.05) is 35.3 Å². The van der Waals surface area contributed by atoms with Crippen LogP contribution in [0.4, 0.5) is 5.69 Å². The normalized spacial score (nSPS) is 15.6. The summed E-state index contributed by atoms with van der Waals surface area (Å²) >= 11 is 19.9. The second-order valence-electron chi connectivity index (χ2n) is 4.66. The van der Waals surface area contributed by atoms with Gasteiger partial charge in [-0.25, -0.2) is 0 Å². The molecular weight excluding hydrogens is 337 g/mol. The van der Waals surface area contributed by atoms with Crippen LogP contribution in [0.3, 0.4) is 0 Å². The fourth-order valence-corrected chi connectivity index (χ4v) is 4.31. The van der Waals surface area contributed by atoms with Crippen molar-refractivity contribution in [1.29, 1.82) is 0 Å². The molecule has 1 atom stereocenters. The highest BCUT2D eigenvalue weighted by Gasteiger charge is 2.25. The van der Waals surface area contributed by atoms with Gasteiger partial charge in [-0.05, 0) is 23.3 Å². The second kappa shape index (κ2) is 5.23. The Bertz CT molecular complexity index is 698. The fraction of sp³-hybridized carbons (Fsp3) is 0.214. The minimum Gasteiger partial charge on any atom is -0.315 e. The molecular formula is C14H10Cl3NOS. The molecule has 0 bridgehead atoms. The molecule has 1 unspecified atom stereocenters. The van der Waals surface area contributed by atoms with Crippen molar-refractivity contribution in [2.24, 2.45) is 0 Å². The predicted octanol–water partition coefficient (Wildman–Crippen LogP) is 4.90. The quantitative estimate of drug-likeness (QED) is 0.708. The van der Waals surface area contributed by atoms with Gasteiger partial charge in [0.25, 0.3) is 0 Å². The third kappa shape index (κ3) is 2.33. The smallest absolute Gasteiger partial charge is 0.231 e. The molecule has 2 heterocycles. The Morgan fingerprint density at radius 2 is 2.05 bits per heavy atom. The molecule has 3 rings (SSSR count). The van der Waals surface area contributed by atoms with Crippen molar-refractivity contribution in [2.75, 3.05) is 11.9 Å². The van der Waals surface area contributed by atoms with E-state index in [4.69, 9.17) is 34.8 Å². The first kappa shape index (κ1) is 14.2. The summed E-state index contributed by atoms with van der Waals surface area (Å²) in [5.74, 6) is 0.0971. The average Bonchev–Trinajstić information content (AvgIpc) is 2.89. The first-order chi connectivity index (χ1) is 9.47. The van der Waals surface area contributed by atoms with Crippen LogP contribution in [-0.2, 0) is 11.2 Å². The highest BCUT2D eigenvalue weighted by molar-refractivity contribution is 7.20. The molecule has 2 nitrogen and oxygen atoms in total. The van der Waals surface area contributed by atoms with E-state index in [0.717, 1.165) is 22.4 Å². The van der Waals surface area contributed by atoms with Gasteiger partial charge in [0.15, 0.2) is 0 Å². The first-order valence-electron chi connectivity index (χ1n) is 5.95. The van der Waals surface area contributed by atoms with E-state index < -0.39 is 0 Å². The molecule has 0 aliphatic carbocycles. The van der Waals surface area contributed by atoms with Gasteiger partial charge < -0.3 is 4.90 Å². The summed E-state index contributed by atoms with van der Waals surface area (Å²) in [7, 11) is 1.78. The molecule has 1 aliphatic heterocycles. The van der Waals surface area contributed by atoms with E-state index in [1.165, 1.54) is 11.3 Å². The number of amides is 1. The number of benzene rings is 1. The number of thiophene rings is 1. The minimum atomic E-state index is -0.363. The summed E-state index contributed by atoms with van der Waals surface area (Å²) in [6.45, 7) is 0. The lowest BCUT2D eigenvalue weighted by atomic mass is 10.0. The SMILES string of the molecule is CN1C(=O)Cc2cc(C(Cl)c3cc(Cl)sc3Cl)ccc21. The molecule has 20 heavy (non-hydrogen) atoms. The summed E-state index contributed by atoms with van der Waals surface area (Å²) in [6.07, 6.45) is 0.418. The number of fused-ring (bicyclic) bond motifs is 1. The first-order valence-corrected chi connectivity index (χ1v) is 7.96. The van der Waals surface area contributed by atoms with Crippen molar-refractivity contribution >= 4 is 57.7 Å². The molecule has 0 radical (unpaired) electrons. The van der Waals surface area contributed by atoms with Crippen molar-refractivity contribution in [3.8, 4) is 0 Å². The monoisotopic (exact) mass is 345 g/mol. The van der Waals surface area contributed by atoms with Gasteiger partial charge in [-0.15, -0.1) is 22.9 Å². The van der Waals surface area contributed by atoms with Gasteiger partial charge in [0.05, 0.1) is 20.5 Å². The van der Waals surface area contributed by atoms with Crippen molar-refractivity contribution in [2.45, 2.75) is 11.8 Å². The Hall–Kier alpha value is -0.740. The Labute approximate surface area is 135 Å². The third-order valence-electron chi connectivity index (χ3n) is 3.43. The maximum absolute atomic E-state index is 11.7. The van der Waals surface area contributed by atoms with Crippen molar-refractivity contribution < 1.29 is 4.79 Å². The van der Waals surface area contributed by atoms with Crippen LogP contribution in [0.2, 0.25) is 8.67 Å². The van der Waals surface area contributed by atoms with Crippen LogP contribution < -0.4 is 4.90 Å². The van der Waals surface area contributed by atoms with Gasteiger partial charge in [0.1, 0.15) is 0 Å². The van der Waals surface area contributed by atoms with E-state index in [1.54, 1.807) is 18.0 Å². The molecule has 0 N–H and O–H groups in total. The van der Waals surface area contributed by atoms with Crippen molar-refractivity contribution in [3.05, 3.63) is 49.6 Å². The summed E-state index contributed by atoms with van der Waals surface area (Å²) in [5, 5.41) is -0.363. The number of hydrogen-bond donors (Lipinski definition) is 0. The van der Waals surface area contributed by atoms with Gasteiger partial charge in [0.2, 0.25) is 5.91 Å². The number of likely N-dealkylation sites (N-methyl/N-ethyl adjacent to an activating group) is 1. The van der Waals surface area contributed by atoms with E-state index in [0.29, 0.717) is 15.1 Å². The van der Waals surface area contributed by atoms with Gasteiger partial charge in [-0.3, -0.25) is 4.79 Å². The Kier molecular flexibility index (Phi) is 3.71. The Balaban J connectivity index is 1.98. The number of anilines is 1. The number of carbonyl (C=O) groups is 1. The molecule has 1 amide bonds. The van der Waals surface area contributed by atoms with Crippen molar-refractivity contribution in [3.63, 3.8) is 0 Å². The Morgan fingerprint density at radius 3 is 2.70 bits per heavy atom. The summed E-state index contributed by atoms with van der Waals surface area (Å²) < 4.78 is 1.22. The largest absolute Gasteiger partial charge is 0.315 e. The number of carbonyl (C=O) groups excluding carboxylic acids is 1. The van der Waals surface area contributed by atoms with E-state index >= 15 is 0 Å². The second-order valence-corrected chi connectivity index (χ2v) is 7.38. The summed E-state index contributed by atoms with van der Waals surface area (Å²) in [6, 6.07) is 7.60. The minimum absolute atomic E-state index is 0.0971. The molecule has 1 aliphatic rings. The number of hydrogen-bond acceptors (Lipinski definition) is 2. The molecule has 104 valence electrons. The average molecular weight is 347 g/mol. The van der Waals surface area contributed by atoms with Crippen LogP contribution in [0.15, 0.2) is 24.3 Å². The predicted molar refractivity (Wildman–Crippen MR) is 85.6 cm³/mol. The zero-order chi connectivity index (χ0) is 14.4. The summed E-state index contributed by atoms with van der Waals surface area (Å²) in [4.78, 5) is 13.4. The van der Waals surface area contributed by atoms with Crippen LogP contribution >= 0.6 is 46.1 Å². The maximum atomic E-state index is 11.7. The molecule has 6 heteroatoms. The molecule has 2 aromatic rings. The fourth-order valence-electron chi connectivity index (χ4n) is 2.35. The molecule has 1 aromatic carbocycles. The molecule has 1 aromatic heterocycles. The van der Waals surface area contributed by atoms with E-state index in [9.17, 15) is 4.79 Å². The highest BCUT2D eigenvalue weighted by atomic mass is 35.5. The number of nitrogens with zero attached hydrogens (tertiary/aromatic N) is 1. The zero-order valence-corrected chi connectivity index (χ0v) is 13.6. The standard InChI is InChI=1S/C14H10Cl3NOS/c1-18-10-3-2-7(4-8(10)5-12(18)19)13(16)9-6-11(15)20-14(9)17/h2-4,6,13H,5H2,1H3. The molecule has 0 fully saturated rings. The van der Waals surface area contributed by atoms with E-state index in [2.05, 4.69) is 0 Å². The van der Waals surface area contributed by atoms with E-state index in [-0.39, 0.29) is 11.3 Å². The Morgan fingerprint density at radius 1 is 1.30 bits per heavy atom. The van der Waals surface area contributed by atoms with Crippen LogP contribution in [0.25, 0.3) is 0 Å². The lowest BCUT2D eigenvalue weighted by molar-refractivity contribution is -0.117. The number of alkyl halides is 1. The van der Waals surface area contributed by atoms with Gasteiger partial charge in [-0.2, -0.15) is 0 Å². The van der Waals surface area contributed by atoms with Crippen LogP contribution in [0.5, 0.6) is 0 Å². The van der Waals surface area contributed by atoms with Gasteiger partial charge >= 0.3 is 0 Å². The van der Waals surface area contributed by atoms with E-state index in [1.807, 2.05) is 18.2 Å².